The highest BCUT2D eigenvalue weighted by molar-refractivity contribution is 4.97. The summed E-state index contributed by atoms with van der Waals surface area (Å²) in [5.74, 6) is 0. The summed E-state index contributed by atoms with van der Waals surface area (Å²) >= 11 is 0. The molecule has 0 amide bonds. The normalized spacial score (nSPS) is 43.5. The van der Waals surface area contributed by atoms with Crippen LogP contribution in [0.25, 0.3) is 0 Å². The topological polar surface area (TPSA) is 29.5 Å². The summed E-state index contributed by atoms with van der Waals surface area (Å²) in [6.07, 6.45) is 0.431. The molecule has 0 aliphatic carbocycles. The van der Waals surface area contributed by atoms with Crippen molar-refractivity contribution in [3.8, 4) is 0 Å². The molecule has 1 saturated heterocycles. The van der Waals surface area contributed by atoms with Crippen molar-refractivity contribution in [2.24, 2.45) is 5.41 Å². The van der Waals surface area contributed by atoms with E-state index in [0.717, 1.165) is 6.42 Å². The van der Waals surface area contributed by atoms with Crippen molar-refractivity contribution in [3.63, 3.8) is 0 Å². The van der Waals surface area contributed by atoms with E-state index < -0.39 is 0 Å². The quantitative estimate of drug-likeness (QED) is 0.605. The fourth-order valence-electron chi connectivity index (χ4n) is 1.58. The molecule has 0 aromatic rings. The van der Waals surface area contributed by atoms with Gasteiger partial charge in [-0.3, -0.25) is 0 Å². The molecule has 1 fully saturated rings. The maximum Gasteiger partial charge on any atom is 0.0827 e. The standard InChI is InChI=1S/C10H20O2/c1-7-8(11)6-10(5,12-7)9(2,3)4/h7-8,11H,6H2,1-5H3/t7-,8-,10-/m0/s1. The molecule has 1 aliphatic heterocycles. The highest BCUT2D eigenvalue weighted by Gasteiger charge is 2.47. The van der Waals surface area contributed by atoms with E-state index in [1.165, 1.54) is 0 Å². The maximum absolute atomic E-state index is 9.57. The molecule has 0 saturated carbocycles. The first kappa shape index (κ1) is 10.0. The van der Waals surface area contributed by atoms with Crippen LogP contribution in [0.15, 0.2) is 0 Å². The van der Waals surface area contributed by atoms with Crippen LogP contribution in [0, 0.1) is 5.41 Å². The second kappa shape index (κ2) is 2.71. The van der Waals surface area contributed by atoms with Gasteiger partial charge in [0.25, 0.3) is 0 Å². The van der Waals surface area contributed by atoms with E-state index in [1.54, 1.807) is 0 Å². The number of hydrogen-bond acceptors (Lipinski definition) is 2. The molecule has 12 heavy (non-hydrogen) atoms. The van der Waals surface area contributed by atoms with Gasteiger partial charge in [0.05, 0.1) is 17.8 Å². The van der Waals surface area contributed by atoms with E-state index in [2.05, 4.69) is 27.7 Å². The van der Waals surface area contributed by atoms with Gasteiger partial charge in [0.1, 0.15) is 0 Å². The van der Waals surface area contributed by atoms with Crippen molar-refractivity contribution in [1.82, 2.24) is 0 Å². The molecule has 1 rings (SSSR count). The molecule has 2 heteroatoms. The second-order valence-corrected chi connectivity index (χ2v) is 5.08. The fourth-order valence-corrected chi connectivity index (χ4v) is 1.58. The third-order valence-corrected chi connectivity index (χ3v) is 3.17. The van der Waals surface area contributed by atoms with Crippen LogP contribution in [0.4, 0.5) is 0 Å². The molecular formula is C10H20O2. The number of rotatable bonds is 0. The van der Waals surface area contributed by atoms with Crippen molar-refractivity contribution >= 4 is 0 Å². The number of ether oxygens (including phenoxy) is 1. The van der Waals surface area contributed by atoms with E-state index in [9.17, 15) is 5.11 Å². The zero-order valence-corrected chi connectivity index (χ0v) is 8.72. The summed E-state index contributed by atoms with van der Waals surface area (Å²) in [4.78, 5) is 0. The van der Waals surface area contributed by atoms with Crippen molar-refractivity contribution < 1.29 is 9.84 Å². The lowest BCUT2D eigenvalue weighted by molar-refractivity contribution is -0.0939. The van der Waals surface area contributed by atoms with Crippen LogP contribution < -0.4 is 0 Å². The predicted octanol–water partition coefficient (Wildman–Crippen LogP) is 1.96. The van der Waals surface area contributed by atoms with Crippen molar-refractivity contribution in [1.29, 1.82) is 0 Å². The highest BCUT2D eigenvalue weighted by atomic mass is 16.5. The minimum absolute atomic E-state index is 0.0192. The van der Waals surface area contributed by atoms with Crippen LogP contribution >= 0.6 is 0 Å². The molecule has 1 N–H and O–H groups in total. The third kappa shape index (κ3) is 1.50. The Kier molecular flexibility index (Phi) is 2.26. The van der Waals surface area contributed by atoms with Crippen LogP contribution in [-0.4, -0.2) is 22.9 Å². The van der Waals surface area contributed by atoms with Crippen LogP contribution in [0.5, 0.6) is 0 Å². The Morgan fingerprint density at radius 2 is 1.92 bits per heavy atom. The zero-order chi connectivity index (χ0) is 9.57. The Bertz CT molecular complexity index is 159. The Balaban J connectivity index is 2.77. The molecule has 0 aromatic carbocycles. The van der Waals surface area contributed by atoms with E-state index in [1.807, 2.05) is 6.92 Å². The first-order valence-corrected chi connectivity index (χ1v) is 4.62. The van der Waals surface area contributed by atoms with Gasteiger partial charge < -0.3 is 9.84 Å². The molecule has 1 heterocycles. The lowest BCUT2D eigenvalue weighted by atomic mass is 9.76. The van der Waals surface area contributed by atoms with Gasteiger partial charge in [-0.1, -0.05) is 20.8 Å². The summed E-state index contributed by atoms with van der Waals surface area (Å²) in [6.45, 7) is 10.5. The highest BCUT2D eigenvalue weighted by Crippen LogP contribution is 2.43. The van der Waals surface area contributed by atoms with Gasteiger partial charge in [0.2, 0.25) is 0 Å². The first-order valence-electron chi connectivity index (χ1n) is 4.62. The molecule has 2 nitrogen and oxygen atoms in total. The third-order valence-electron chi connectivity index (χ3n) is 3.17. The minimum Gasteiger partial charge on any atom is -0.390 e. The average Bonchev–Trinajstić information content (AvgIpc) is 2.06. The SMILES string of the molecule is C[C@@H]1O[C@](C)(C(C)(C)C)C[C@@H]1O. The van der Waals surface area contributed by atoms with Crippen LogP contribution in [0.3, 0.4) is 0 Å². The Labute approximate surface area is 74.9 Å². The van der Waals surface area contributed by atoms with Gasteiger partial charge in [0, 0.05) is 6.42 Å². The van der Waals surface area contributed by atoms with Gasteiger partial charge in [-0.15, -0.1) is 0 Å². The smallest absolute Gasteiger partial charge is 0.0827 e. The number of hydrogen-bond donors (Lipinski definition) is 1. The molecule has 1 aliphatic rings. The maximum atomic E-state index is 9.57. The predicted molar refractivity (Wildman–Crippen MR) is 49.0 cm³/mol. The summed E-state index contributed by atoms with van der Waals surface area (Å²) < 4.78 is 5.78. The lowest BCUT2D eigenvalue weighted by Gasteiger charge is -2.37. The lowest BCUT2D eigenvalue weighted by Crippen LogP contribution is -2.39. The van der Waals surface area contributed by atoms with Gasteiger partial charge in [-0.05, 0) is 19.3 Å². The van der Waals surface area contributed by atoms with E-state index in [-0.39, 0.29) is 23.2 Å². The molecule has 0 bridgehead atoms. The van der Waals surface area contributed by atoms with Crippen LogP contribution in [0.1, 0.15) is 41.0 Å². The Morgan fingerprint density at radius 1 is 1.42 bits per heavy atom. The van der Waals surface area contributed by atoms with Crippen molar-refractivity contribution in [2.45, 2.75) is 58.8 Å². The molecule has 0 radical (unpaired) electrons. The van der Waals surface area contributed by atoms with Crippen LogP contribution in [0.2, 0.25) is 0 Å². The fraction of sp³-hybridized carbons (Fsp3) is 1.00. The van der Waals surface area contributed by atoms with Crippen LogP contribution in [-0.2, 0) is 4.74 Å². The largest absolute Gasteiger partial charge is 0.390 e. The summed E-state index contributed by atoms with van der Waals surface area (Å²) in [5.41, 5.74) is -0.0788. The molecule has 3 atom stereocenters. The molecule has 0 spiro atoms. The van der Waals surface area contributed by atoms with Crippen molar-refractivity contribution in [2.75, 3.05) is 0 Å². The summed E-state index contributed by atoms with van der Waals surface area (Å²) in [5, 5.41) is 9.57. The zero-order valence-electron chi connectivity index (χ0n) is 8.72. The number of aliphatic hydroxyl groups is 1. The number of aliphatic hydroxyl groups excluding tert-OH is 1. The average molecular weight is 172 g/mol. The molecule has 72 valence electrons. The summed E-state index contributed by atoms with van der Waals surface area (Å²) in [6, 6.07) is 0. The molecule has 0 unspecified atom stereocenters. The monoisotopic (exact) mass is 172 g/mol. The van der Waals surface area contributed by atoms with Crippen molar-refractivity contribution in [3.05, 3.63) is 0 Å². The summed E-state index contributed by atoms with van der Waals surface area (Å²) in [7, 11) is 0. The van der Waals surface area contributed by atoms with E-state index in [4.69, 9.17) is 4.74 Å². The molecule has 0 aromatic heterocycles. The Hall–Kier alpha value is -0.0800. The van der Waals surface area contributed by atoms with Gasteiger partial charge in [-0.2, -0.15) is 0 Å². The molecular weight excluding hydrogens is 152 g/mol. The van der Waals surface area contributed by atoms with Gasteiger partial charge in [0.15, 0.2) is 0 Å². The first-order chi connectivity index (χ1) is 5.26. The second-order valence-electron chi connectivity index (χ2n) is 5.08. The minimum atomic E-state index is -0.297. The van der Waals surface area contributed by atoms with Gasteiger partial charge >= 0.3 is 0 Å². The Morgan fingerprint density at radius 3 is 2.08 bits per heavy atom. The van der Waals surface area contributed by atoms with Gasteiger partial charge in [-0.25, -0.2) is 0 Å². The van der Waals surface area contributed by atoms with E-state index >= 15 is 0 Å². The van der Waals surface area contributed by atoms with E-state index in [0.29, 0.717) is 0 Å².